The highest BCUT2D eigenvalue weighted by Crippen LogP contribution is 2.17. The number of benzene rings is 1. The highest BCUT2D eigenvalue weighted by molar-refractivity contribution is 5.91. The molecule has 2 aromatic rings. The van der Waals surface area contributed by atoms with Crippen LogP contribution in [0.1, 0.15) is 36.0 Å². The molecule has 1 aromatic heterocycles. The van der Waals surface area contributed by atoms with E-state index in [0.29, 0.717) is 5.56 Å². The number of rotatable bonds is 5. The van der Waals surface area contributed by atoms with Crippen molar-refractivity contribution in [3.05, 3.63) is 42.2 Å². The summed E-state index contributed by atoms with van der Waals surface area (Å²) in [4.78, 5) is 30.8. The molecule has 0 bridgehead atoms. The van der Waals surface area contributed by atoms with Gasteiger partial charge in [0.2, 0.25) is 0 Å². The van der Waals surface area contributed by atoms with Crippen LogP contribution in [0.3, 0.4) is 0 Å². The Hall–Kier alpha value is -2.63. The smallest absolute Gasteiger partial charge is 0.338 e. The number of carbonyl (C=O) groups excluding carboxylic acids is 2. The van der Waals surface area contributed by atoms with Crippen molar-refractivity contribution in [2.75, 3.05) is 6.61 Å². The molecule has 6 heteroatoms. The number of nitrogens with one attached hydrogen (secondary N) is 2. The third kappa shape index (κ3) is 3.97. The average molecular weight is 313 g/mol. The molecule has 1 aromatic carbocycles. The molecule has 0 aliphatic heterocycles. The second kappa shape index (κ2) is 7.09. The van der Waals surface area contributed by atoms with E-state index in [1.807, 2.05) is 0 Å². The number of ether oxygens (including phenoxy) is 1. The van der Waals surface area contributed by atoms with E-state index in [2.05, 4.69) is 15.3 Å². The van der Waals surface area contributed by atoms with Gasteiger partial charge in [-0.2, -0.15) is 0 Å². The fourth-order valence-corrected chi connectivity index (χ4v) is 2.74. The van der Waals surface area contributed by atoms with Crippen LogP contribution in [0.25, 0.3) is 11.4 Å². The summed E-state index contributed by atoms with van der Waals surface area (Å²) in [5.41, 5.74) is 1.29. The van der Waals surface area contributed by atoms with Gasteiger partial charge < -0.3 is 15.0 Å². The van der Waals surface area contributed by atoms with Crippen molar-refractivity contribution in [2.24, 2.45) is 0 Å². The topological polar surface area (TPSA) is 84.1 Å². The maximum absolute atomic E-state index is 12.0. The number of hydrogen-bond acceptors (Lipinski definition) is 4. The molecular formula is C17H19N3O3. The molecular weight excluding hydrogens is 294 g/mol. The van der Waals surface area contributed by atoms with E-state index in [0.717, 1.165) is 37.1 Å². The Morgan fingerprint density at radius 1 is 1.22 bits per heavy atom. The van der Waals surface area contributed by atoms with Crippen LogP contribution in [0.15, 0.2) is 36.7 Å². The van der Waals surface area contributed by atoms with E-state index >= 15 is 0 Å². The Kier molecular flexibility index (Phi) is 4.71. The normalized spacial score (nSPS) is 14.6. The molecule has 1 amide bonds. The van der Waals surface area contributed by atoms with Gasteiger partial charge in [-0.3, -0.25) is 4.79 Å². The quantitative estimate of drug-likeness (QED) is 0.830. The number of hydrogen-bond donors (Lipinski definition) is 2. The summed E-state index contributed by atoms with van der Waals surface area (Å²) < 4.78 is 5.06. The van der Waals surface area contributed by atoms with Gasteiger partial charge in [0.1, 0.15) is 5.82 Å². The van der Waals surface area contributed by atoms with Crippen molar-refractivity contribution >= 4 is 11.9 Å². The molecule has 2 N–H and O–H groups in total. The van der Waals surface area contributed by atoms with Gasteiger partial charge >= 0.3 is 5.97 Å². The minimum absolute atomic E-state index is 0.230. The number of nitrogens with zero attached hydrogens (tertiary/aromatic N) is 1. The zero-order valence-electron chi connectivity index (χ0n) is 12.7. The van der Waals surface area contributed by atoms with E-state index in [1.165, 1.54) is 0 Å². The maximum atomic E-state index is 12.0. The maximum Gasteiger partial charge on any atom is 0.338 e. The minimum Gasteiger partial charge on any atom is -0.452 e. The van der Waals surface area contributed by atoms with Crippen LogP contribution in [-0.4, -0.2) is 34.5 Å². The van der Waals surface area contributed by atoms with Gasteiger partial charge in [0.15, 0.2) is 6.61 Å². The Bertz CT molecular complexity index is 659. The first kappa shape index (κ1) is 15.3. The van der Waals surface area contributed by atoms with Crippen LogP contribution >= 0.6 is 0 Å². The van der Waals surface area contributed by atoms with Crippen molar-refractivity contribution in [3.8, 4) is 11.4 Å². The lowest BCUT2D eigenvalue weighted by molar-refractivity contribution is -0.124. The van der Waals surface area contributed by atoms with E-state index in [9.17, 15) is 9.59 Å². The number of amides is 1. The summed E-state index contributed by atoms with van der Waals surface area (Å²) in [5, 5.41) is 2.88. The molecule has 0 radical (unpaired) electrons. The molecule has 6 nitrogen and oxygen atoms in total. The predicted molar refractivity (Wildman–Crippen MR) is 84.7 cm³/mol. The number of esters is 1. The number of imidazole rings is 1. The third-order valence-electron chi connectivity index (χ3n) is 3.95. The van der Waals surface area contributed by atoms with Crippen molar-refractivity contribution in [3.63, 3.8) is 0 Å². The Balaban J connectivity index is 1.50. The van der Waals surface area contributed by atoms with Crippen molar-refractivity contribution < 1.29 is 14.3 Å². The molecule has 0 atom stereocenters. The monoisotopic (exact) mass is 313 g/mol. The van der Waals surface area contributed by atoms with Crippen molar-refractivity contribution in [2.45, 2.75) is 31.7 Å². The molecule has 1 aliphatic rings. The molecule has 0 saturated heterocycles. The zero-order valence-corrected chi connectivity index (χ0v) is 12.7. The largest absolute Gasteiger partial charge is 0.452 e. The van der Waals surface area contributed by atoms with Gasteiger partial charge in [-0.25, -0.2) is 9.78 Å². The molecule has 1 saturated carbocycles. The third-order valence-corrected chi connectivity index (χ3v) is 3.95. The molecule has 1 heterocycles. The van der Waals surface area contributed by atoms with Crippen molar-refractivity contribution in [1.29, 1.82) is 0 Å². The molecule has 120 valence electrons. The van der Waals surface area contributed by atoms with E-state index in [-0.39, 0.29) is 18.6 Å². The summed E-state index contributed by atoms with van der Waals surface area (Å²) in [5.74, 6) is -0.00381. The standard InChI is InChI=1S/C17H19N3O3/c21-15(20-14-3-1-2-4-14)11-23-17(22)13-7-5-12(6-8-13)16-18-9-10-19-16/h5-10,14H,1-4,11H2,(H,18,19)(H,20,21). The Labute approximate surface area is 134 Å². The highest BCUT2D eigenvalue weighted by Gasteiger charge is 2.18. The Morgan fingerprint density at radius 3 is 2.61 bits per heavy atom. The SMILES string of the molecule is O=C(COC(=O)c1ccc(-c2ncc[nH]2)cc1)NC1CCCC1. The molecule has 1 fully saturated rings. The molecule has 23 heavy (non-hydrogen) atoms. The van der Waals surface area contributed by atoms with Crippen LogP contribution < -0.4 is 5.32 Å². The van der Waals surface area contributed by atoms with Crippen LogP contribution in [0, 0.1) is 0 Å². The first-order chi connectivity index (χ1) is 11.2. The summed E-state index contributed by atoms with van der Waals surface area (Å²) >= 11 is 0. The van der Waals surface area contributed by atoms with Gasteiger partial charge in [-0.05, 0) is 25.0 Å². The van der Waals surface area contributed by atoms with Crippen LogP contribution in [0.4, 0.5) is 0 Å². The van der Waals surface area contributed by atoms with Gasteiger partial charge in [0.05, 0.1) is 5.56 Å². The predicted octanol–water partition coefficient (Wildman–Crippen LogP) is 2.29. The lowest BCUT2D eigenvalue weighted by atomic mass is 10.1. The summed E-state index contributed by atoms with van der Waals surface area (Å²) in [6.45, 7) is -0.241. The number of aromatic amines is 1. The van der Waals surface area contributed by atoms with Crippen LogP contribution in [-0.2, 0) is 9.53 Å². The summed E-state index contributed by atoms with van der Waals surface area (Å²) in [7, 11) is 0. The van der Waals surface area contributed by atoms with Gasteiger partial charge in [0.25, 0.3) is 5.91 Å². The summed E-state index contributed by atoms with van der Waals surface area (Å²) in [6, 6.07) is 7.13. The highest BCUT2D eigenvalue weighted by atomic mass is 16.5. The van der Waals surface area contributed by atoms with E-state index < -0.39 is 5.97 Å². The second-order valence-corrected chi connectivity index (χ2v) is 5.64. The molecule has 0 unspecified atom stereocenters. The first-order valence-corrected chi connectivity index (χ1v) is 7.78. The second-order valence-electron chi connectivity index (χ2n) is 5.64. The Morgan fingerprint density at radius 2 is 1.96 bits per heavy atom. The number of aromatic nitrogens is 2. The minimum atomic E-state index is -0.502. The van der Waals surface area contributed by atoms with Gasteiger partial charge in [-0.15, -0.1) is 0 Å². The average Bonchev–Trinajstić information content (AvgIpc) is 3.26. The molecule has 0 spiro atoms. The lowest BCUT2D eigenvalue weighted by Gasteiger charge is -2.12. The molecule has 3 rings (SSSR count). The van der Waals surface area contributed by atoms with Crippen LogP contribution in [0.2, 0.25) is 0 Å². The van der Waals surface area contributed by atoms with Gasteiger partial charge in [0, 0.05) is 24.0 Å². The first-order valence-electron chi connectivity index (χ1n) is 7.78. The zero-order chi connectivity index (χ0) is 16.1. The number of H-pyrrole nitrogens is 1. The van der Waals surface area contributed by atoms with E-state index in [1.54, 1.807) is 36.7 Å². The van der Waals surface area contributed by atoms with Crippen molar-refractivity contribution in [1.82, 2.24) is 15.3 Å². The van der Waals surface area contributed by atoms with Gasteiger partial charge in [-0.1, -0.05) is 25.0 Å². The molecule has 1 aliphatic carbocycles. The van der Waals surface area contributed by atoms with Crippen LogP contribution in [0.5, 0.6) is 0 Å². The fourth-order valence-electron chi connectivity index (χ4n) is 2.74. The summed E-state index contributed by atoms with van der Waals surface area (Å²) in [6.07, 6.45) is 7.71. The van der Waals surface area contributed by atoms with E-state index in [4.69, 9.17) is 4.74 Å². The fraction of sp³-hybridized carbons (Fsp3) is 0.353. The number of carbonyl (C=O) groups is 2. The lowest BCUT2D eigenvalue weighted by Crippen LogP contribution is -2.35.